The third-order valence-electron chi connectivity index (χ3n) is 5.18. The molecule has 0 heterocycles. The Balaban J connectivity index is 1.57. The van der Waals surface area contributed by atoms with E-state index in [2.05, 4.69) is 38.2 Å². The fraction of sp³-hybridized carbons (Fsp3) is 0.650. The summed E-state index contributed by atoms with van der Waals surface area (Å²) in [4.78, 5) is 12.1. The third-order valence-corrected chi connectivity index (χ3v) is 5.18. The Morgan fingerprint density at radius 3 is 2.54 bits per heavy atom. The van der Waals surface area contributed by atoms with Crippen LogP contribution >= 0.6 is 0 Å². The number of carbonyl (C=O) groups is 1. The number of ether oxygens (including phenoxy) is 2. The SMILES string of the molecule is CO[C@@H]1[C@H](C)[C@@H](NC(=O)CCCOCCc2ccccc2)C1(C)C. The Bertz CT molecular complexity index is 515. The standard InChI is InChI=1S/C20H31NO3/c1-15-18(20(2,3)19(15)23-4)21-17(22)11-8-13-24-14-12-16-9-6-5-7-10-16/h5-7,9-10,15,18-19H,8,11-14H2,1-4H3,(H,21,22)/t15-,18-,19-/m1/s1. The molecule has 2 rings (SSSR count). The van der Waals surface area contributed by atoms with Crippen molar-refractivity contribution in [1.29, 1.82) is 0 Å². The molecule has 1 fully saturated rings. The number of rotatable bonds is 9. The van der Waals surface area contributed by atoms with Crippen molar-refractivity contribution in [3.63, 3.8) is 0 Å². The number of amides is 1. The van der Waals surface area contributed by atoms with Gasteiger partial charge in [0, 0.05) is 37.5 Å². The maximum Gasteiger partial charge on any atom is 0.220 e. The van der Waals surface area contributed by atoms with Crippen LogP contribution in [-0.2, 0) is 20.7 Å². The average Bonchev–Trinajstić information content (AvgIpc) is 2.57. The van der Waals surface area contributed by atoms with Crippen LogP contribution in [0.3, 0.4) is 0 Å². The van der Waals surface area contributed by atoms with Crippen LogP contribution in [0.2, 0.25) is 0 Å². The van der Waals surface area contributed by atoms with Crippen LogP contribution < -0.4 is 5.32 Å². The Morgan fingerprint density at radius 2 is 1.92 bits per heavy atom. The summed E-state index contributed by atoms with van der Waals surface area (Å²) in [5.41, 5.74) is 1.28. The quantitative estimate of drug-likeness (QED) is 0.706. The molecule has 1 aliphatic carbocycles. The van der Waals surface area contributed by atoms with Gasteiger partial charge in [0.1, 0.15) is 0 Å². The molecular formula is C20H31NO3. The highest BCUT2D eigenvalue weighted by molar-refractivity contribution is 5.76. The zero-order valence-electron chi connectivity index (χ0n) is 15.4. The molecule has 0 unspecified atom stereocenters. The fourth-order valence-corrected chi connectivity index (χ4v) is 3.94. The Kier molecular flexibility index (Phi) is 6.81. The van der Waals surface area contributed by atoms with Gasteiger partial charge in [0.15, 0.2) is 0 Å². The highest BCUT2D eigenvalue weighted by Crippen LogP contribution is 2.46. The second-order valence-electron chi connectivity index (χ2n) is 7.33. The molecule has 0 bridgehead atoms. The number of hydrogen-bond acceptors (Lipinski definition) is 3. The molecule has 1 N–H and O–H groups in total. The highest BCUT2D eigenvalue weighted by atomic mass is 16.5. The van der Waals surface area contributed by atoms with Gasteiger partial charge in [-0.3, -0.25) is 4.79 Å². The van der Waals surface area contributed by atoms with Crippen molar-refractivity contribution >= 4 is 5.91 Å². The fourth-order valence-electron chi connectivity index (χ4n) is 3.94. The van der Waals surface area contributed by atoms with Crippen molar-refractivity contribution in [2.24, 2.45) is 11.3 Å². The van der Waals surface area contributed by atoms with E-state index in [1.807, 2.05) is 18.2 Å². The third kappa shape index (κ3) is 4.58. The van der Waals surface area contributed by atoms with Crippen molar-refractivity contribution in [3.05, 3.63) is 35.9 Å². The summed E-state index contributed by atoms with van der Waals surface area (Å²) in [6.07, 6.45) is 2.40. The van der Waals surface area contributed by atoms with E-state index in [9.17, 15) is 4.79 Å². The van der Waals surface area contributed by atoms with Crippen molar-refractivity contribution in [1.82, 2.24) is 5.32 Å². The van der Waals surface area contributed by atoms with Gasteiger partial charge in [-0.1, -0.05) is 51.1 Å². The molecular weight excluding hydrogens is 302 g/mol. The predicted octanol–water partition coefficient (Wildman–Crippen LogP) is 3.20. The molecule has 4 heteroatoms. The van der Waals surface area contributed by atoms with Crippen LogP contribution in [0.4, 0.5) is 0 Å². The first-order valence-electron chi connectivity index (χ1n) is 8.90. The van der Waals surface area contributed by atoms with E-state index in [1.165, 1.54) is 5.56 Å². The second kappa shape index (κ2) is 8.63. The Morgan fingerprint density at radius 1 is 1.21 bits per heavy atom. The van der Waals surface area contributed by atoms with Crippen LogP contribution in [0, 0.1) is 11.3 Å². The van der Waals surface area contributed by atoms with Gasteiger partial charge in [-0.15, -0.1) is 0 Å². The van der Waals surface area contributed by atoms with Gasteiger partial charge in [0.05, 0.1) is 12.7 Å². The normalized spacial score (nSPS) is 25.1. The zero-order valence-corrected chi connectivity index (χ0v) is 15.4. The molecule has 134 valence electrons. The van der Waals surface area contributed by atoms with Crippen molar-refractivity contribution in [2.45, 2.75) is 52.2 Å². The number of benzene rings is 1. The molecule has 24 heavy (non-hydrogen) atoms. The van der Waals surface area contributed by atoms with Gasteiger partial charge in [0.2, 0.25) is 5.91 Å². The number of nitrogens with one attached hydrogen (secondary N) is 1. The number of carbonyl (C=O) groups excluding carboxylic acids is 1. The summed E-state index contributed by atoms with van der Waals surface area (Å²) in [6.45, 7) is 7.77. The minimum absolute atomic E-state index is 0.00396. The summed E-state index contributed by atoms with van der Waals surface area (Å²) in [5.74, 6) is 0.470. The number of hydrogen-bond donors (Lipinski definition) is 1. The van der Waals surface area contributed by atoms with E-state index in [0.717, 1.165) is 12.8 Å². The van der Waals surface area contributed by atoms with E-state index in [1.54, 1.807) is 7.11 Å². The van der Waals surface area contributed by atoms with E-state index in [-0.39, 0.29) is 23.5 Å². The lowest BCUT2D eigenvalue weighted by Crippen LogP contribution is -2.67. The first kappa shape index (κ1) is 18.9. The molecule has 0 radical (unpaired) electrons. The van der Waals surface area contributed by atoms with Crippen molar-refractivity contribution < 1.29 is 14.3 Å². The molecule has 4 nitrogen and oxygen atoms in total. The summed E-state index contributed by atoms with van der Waals surface area (Å²) in [6, 6.07) is 10.5. The minimum Gasteiger partial charge on any atom is -0.381 e. The van der Waals surface area contributed by atoms with E-state index in [0.29, 0.717) is 25.6 Å². The average molecular weight is 333 g/mol. The van der Waals surface area contributed by atoms with Crippen molar-refractivity contribution in [3.8, 4) is 0 Å². The molecule has 1 aromatic carbocycles. The van der Waals surface area contributed by atoms with Crippen LogP contribution in [-0.4, -0.2) is 38.4 Å². The smallest absolute Gasteiger partial charge is 0.220 e. The molecule has 1 aromatic rings. The van der Waals surface area contributed by atoms with Crippen LogP contribution in [0.1, 0.15) is 39.2 Å². The maximum absolute atomic E-state index is 12.1. The molecule has 0 spiro atoms. The summed E-state index contributed by atoms with van der Waals surface area (Å²) < 4.78 is 11.1. The zero-order chi connectivity index (χ0) is 17.6. The lowest BCUT2D eigenvalue weighted by Gasteiger charge is -2.56. The van der Waals surface area contributed by atoms with Crippen LogP contribution in [0.15, 0.2) is 30.3 Å². The number of methoxy groups -OCH3 is 1. The van der Waals surface area contributed by atoms with Gasteiger partial charge in [0.25, 0.3) is 0 Å². The Labute approximate surface area is 145 Å². The molecule has 1 saturated carbocycles. The van der Waals surface area contributed by atoms with Gasteiger partial charge >= 0.3 is 0 Å². The molecule has 0 saturated heterocycles. The van der Waals surface area contributed by atoms with Gasteiger partial charge in [-0.05, 0) is 18.4 Å². The summed E-state index contributed by atoms with van der Waals surface area (Å²) in [5, 5.41) is 3.16. The van der Waals surface area contributed by atoms with E-state index < -0.39 is 0 Å². The molecule has 1 amide bonds. The molecule has 0 aliphatic heterocycles. The lowest BCUT2D eigenvalue weighted by molar-refractivity contribution is -0.154. The summed E-state index contributed by atoms with van der Waals surface area (Å²) >= 11 is 0. The second-order valence-corrected chi connectivity index (χ2v) is 7.33. The minimum atomic E-state index is -0.00396. The first-order chi connectivity index (χ1) is 11.5. The topological polar surface area (TPSA) is 47.6 Å². The van der Waals surface area contributed by atoms with Crippen molar-refractivity contribution in [2.75, 3.05) is 20.3 Å². The van der Waals surface area contributed by atoms with Gasteiger partial charge in [-0.2, -0.15) is 0 Å². The highest BCUT2D eigenvalue weighted by Gasteiger charge is 2.55. The van der Waals surface area contributed by atoms with E-state index in [4.69, 9.17) is 9.47 Å². The predicted molar refractivity (Wildman–Crippen MR) is 95.9 cm³/mol. The molecule has 1 aliphatic rings. The Hall–Kier alpha value is -1.39. The van der Waals surface area contributed by atoms with E-state index >= 15 is 0 Å². The lowest BCUT2D eigenvalue weighted by atomic mass is 9.58. The molecule has 3 atom stereocenters. The first-order valence-corrected chi connectivity index (χ1v) is 8.90. The van der Waals surface area contributed by atoms with Crippen LogP contribution in [0.25, 0.3) is 0 Å². The monoisotopic (exact) mass is 333 g/mol. The molecule has 0 aromatic heterocycles. The van der Waals surface area contributed by atoms with Gasteiger partial charge < -0.3 is 14.8 Å². The largest absolute Gasteiger partial charge is 0.381 e. The maximum atomic E-state index is 12.1. The summed E-state index contributed by atoms with van der Waals surface area (Å²) in [7, 11) is 1.74. The van der Waals surface area contributed by atoms with Crippen LogP contribution in [0.5, 0.6) is 0 Å². The van der Waals surface area contributed by atoms with Gasteiger partial charge in [-0.25, -0.2) is 0 Å².